The summed E-state index contributed by atoms with van der Waals surface area (Å²) >= 11 is 0. The monoisotopic (exact) mass is 355 g/mol. The average molecular weight is 355 g/mol. The Balaban J connectivity index is 1.57. The van der Waals surface area contributed by atoms with Crippen molar-refractivity contribution in [1.29, 1.82) is 0 Å². The Hall–Kier alpha value is -2.21. The standard InChI is InChI=1S/C20H21NO3S/c1-16-9-11-17(12-10-16)15-24-14-13-21-25(22,23)20-8-4-6-18-5-2-3-7-19(18)20/h2-12,21H,13-15H2,1H3. The third kappa shape index (κ3) is 4.45. The highest BCUT2D eigenvalue weighted by Gasteiger charge is 2.16. The van der Waals surface area contributed by atoms with Crippen LogP contribution in [0.25, 0.3) is 10.8 Å². The van der Waals surface area contributed by atoms with Gasteiger partial charge in [-0.05, 0) is 23.9 Å². The molecule has 0 aromatic heterocycles. The second-order valence-corrected chi connectivity index (χ2v) is 7.65. The highest BCUT2D eigenvalue weighted by molar-refractivity contribution is 7.89. The summed E-state index contributed by atoms with van der Waals surface area (Å²) in [7, 11) is -3.57. The molecule has 3 aromatic rings. The highest BCUT2D eigenvalue weighted by Crippen LogP contribution is 2.22. The van der Waals surface area contributed by atoms with Gasteiger partial charge in [0.2, 0.25) is 10.0 Å². The summed E-state index contributed by atoms with van der Waals surface area (Å²) in [6, 6.07) is 20.8. The van der Waals surface area contributed by atoms with Crippen molar-refractivity contribution >= 4 is 20.8 Å². The average Bonchev–Trinajstić information content (AvgIpc) is 2.62. The molecular formula is C20H21NO3S. The zero-order valence-electron chi connectivity index (χ0n) is 14.1. The van der Waals surface area contributed by atoms with E-state index in [9.17, 15) is 8.42 Å². The summed E-state index contributed by atoms with van der Waals surface area (Å²) in [6.07, 6.45) is 0. The number of aryl methyl sites for hydroxylation is 1. The summed E-state index contributed by atoms with van der Waals surface area (Å²) in [6.45, 7) is 3.05. The van der Waals surface area contributed by atoms with Gasteiger partial charge in [-0.3, -0.25) is 0 Å². The molecule has 0 bridgehead atoms. The predicted octanol–water partition coefficient (Wildman–Crippen LogP) is 3.64. The van der Waals surface area contributed by atoms with Crippen molar-refractivity contribution in [3.05, 3.63) is 77.9 Å². The number of benzene rings is 3. The molecule has 130 valence electrons. The topological polar surface area (TPSA) is 55.4 Å². The fourth-order valence-corrected chi connectivity index (χ4v) is 3.87. The van der Waals surface area contributed by atoms with E-state index in [0.717, 1.165) is 16.3 Å². The van der Waals surface area contributed by atoms with Gasteiger partial charge in [-0.25, -0.2) is 13.1 Å². The van der Waals surface area contributed by atoms with E-state index in [4.69, 9.17) is 4.74 Å². The fourth-order valence-electron chi connectivity index (χ4n) is 2.63. The molecule has 1 N–H and O–H groups in total. The zero-order chi connectivity index (χ0) is 17.7. The van der Waals surface area contributed by atoms with Crippen molar-refractivity contribution < 1.29 is 13.2 Å². The van der Waals surface area contributed by atoms with Crippen LogP contribution in [0.4, 0.5) is 0 Å². The van der Waals surface area contributed by atoms with Crippen LogP contribution >= 0.6 is 0 Å². The van der Waals surface area contributed by atoms with Crippen LogP contribution in [0.2, 0.25) is 0 Å². The number of hydrogen-bond donors (Lipinski definition) is 1. The molecule has 5 heteroatoms. The molecule has 0 atom stereocenters. The molecule has 0 aliphatic rings. The lowest BCUT2D eigenvalue weighted by Gasteiger charge is -2.10. The van der Waals surface area contributed by atoms with Crippen LogP contribution in [0, 0.1) is 6.92 Å². The van der Waals surface area contributed by atoms with E-state index >= 15 is 0 Å². The molecule has 0 saturated heterocycles. The van der Waals surface area contributed by atoms with E-state index < -0.39 is 10.0 Å². The quantitative estimate of drug-likeness (QED) is 0.658. The Bertz CT molecular complexity index is 945. The third-order valence-electron chi connectivity index (χ3n) is 3.97. The minimum atomic E-state index is -3.57. The van der Waals surface area contributed by atoms with E-state index in [1.807, 2.05) is 61.5 Å². The number of ether oxygens (including phenoxy) is 1. The summed E-state index contributed by atoms with van der Waals surface area (Å²) in [5, 5.41) is 1.62. The first-order chi connectivity index (χ1) is 12.1. The molecule has 0 unspecified atom stereocenters. The van der Waals surface area contributed by atoms with Crippen LogP contribution in [-0.4, -0.2) is 21.6 Å². The van der Waals surface area contributed by atoms with Crippen LogP contribution < -0.4 is 4.72 Å². The van der Waals surface area contributed by atoms with E-state index in [0.29, 0.717) is 18.1 Å². The van der Waals surface area contributed by atoms with E-state index in [2.05, 4.69) is 4.72 Å². The molecule has 25 heavy (non-hydrogen) atoms. The lowest BCUT2D eigenvalue weighted by Crippen LogP contribution is -2.27. The Morgan fingerprint density at radius 3 is 2.44 bits per heavy atom. The van der Waals surface area contributed by atoms with Gasteiger partial charge in [0.15, 0.2) is 0 Å². The SMILES string of the molecule is Cc1ccc(COCCNS(=O)(=O)c2cccc3ccccc23)cc1. The molecule has 4 nitrogen and oxygen atoms in total. The van der Waals surface area contributed by atoms with Gasteiger partial charge in [0.05, 0.1) is 18.1 Å². The molecule has 0 spiro atoms. The van der Waals surface area contributed by atoms with E-state index in [1.165, 1.54) is 5.56 Å². The van der Waals surface area contributed by atoms with Gasteiger partial charge < -0.3 is 4.74 Å². The molecule has 0 aliphatic carbocycles. The van der Waals surface area contributed by atoms with Crippen molar-refractivity contribution in [2.75, 3.05) is 13.2 Å². The highest BCUT2D eigenvalue weighted by atomic mass is 32.2. The maximum absolute atomic E-state index is 12.6. The molecule has 0 fully saturated rings. The number of fused-ring (bicyclic) bond motifs is 1. The number of hydrogen-bond acceptors (Lipinski definition) is 3. The smallest absolute Gasteiger partial charge is 0.241 e. The second kappa shape index (κ2) is 7.78. The van der Waals surface area contributed by atoms with Crippen LogP contribution in [0.3, 0.4) is 0 Å². The van der Waals surface area contributed by atoms with Crippen molar-refractivity contribution in [2.45, 2.75) is 18.4 Å². The molecule has 3 aromatic carbocycles. The summed E-state index contributed by atoms with van der Waals surface area (Å²) in [4.78, 5) is 0.295. The summed E-state index contributed by atoms with van der Waals surface area (Å²) < 4.78 is 33.3. The first-order valence-corrected chi connectivity index (χ1v) is 9.65. The lowest BCUT2D eigenvalue weighted by molar-refractivity contribution is 0.126. The Kier molecular flexibility index (Phi) is 5.48. The minimum absolute atomic E-state index is 0.234. The van der Waals surface area contributed by atoms with E-state index in [1.54, 1.807) is 12.1 Å². The van der Waals surface area contributed by atoms with Gasteiger partial charge >= 0.3 is 0 Å². The molecule has 0 saturated carbocycles. The van der Waals surface area contributed by atoms with Gasteiger partial charge in [0.1, 0.15) is 0 Å². The number of rotatable bonds is 7. The third-order valence-corrected chi connectivity index (χ3v) is 5.49. The number of nitrogens with one attached hydrogen (secondary N) is 1. The van der Waals surface area contributed by atoms with Crippen molar-refractivity contribution in [2.24, 2.45) is 0 Å². The number of sulfonamides is 1. The first kappa shape index (κ1) is 17.6. The van der Waals surface area contributed by atoms with Crippen molar-refractivity contribution in [3.63, 3.8) is 0 Å². The maximum atomic E-state index is 12.6. The molecule has 3 rings (SSSR count). The molecule has 0 amide bonds. The predicted molar refractivity (Wildman–Crippen MR) is 100.0 cm³/mol. The molecule has 0 aliphatic heterocycles. The molecule has 0 radical (unpaired) electrons. The van der Waals surface area contributed by atoms with Gasteiger partial charge in [-0.15, -0.1) is 0 Å². The Morgan fingerprint density at radius 2 is 1.64 bits per heavy atom. The Labute approximate surface area is 148 Å². The minimum Gasteiger partial charge on any atom is -0.375 e. The normalized spacial score (nSPS) is 11.7. The van der Waals surface area contributed by atoms with Gasteiger partial charge in [0.25, 0.3) is 0 Å². The second-order valence-electron chi connectivity index (χ2n) is 5.91. The maximum Gasteiger partial charge on any atom is 0.241 e. The lowest BCUT2D eigenvalue weighted by atomic mass is 10.1. The Morgan fingerprint density at radius 1 is 0.920 bits per heavy atom. The largest absolute Gasteiger partial charge is 0.375 e. The van der Waals surface area contributed by atoms with Crippen molar-refractivity contribution in [3.8, 4) is 0 Å². The van der Waals surface area contributed by atoms with Crippen LogP contribution in [0.5, 0.6) is 0 Å². The fraction of sp³-hybridized carbons (Fsp3) is 0.200. The summed E-state index contributed by atoms with van der Waals surface area (Å²) in [5.74, 6) is 0. The van der Waals surface area contributed by atoms with E-state index in [-0.39, 0.29) is 6.54 Å². The van der Waals surface area contributed by atoms with Crippen LogP contribution in [0.15, 0.2) is 71.6 Å². The molecule has 0 heterocycles. The summed E-state index contributed by atoms with van der Waals surface area (Å²) in [5.41, 5.74) is 2.27. The van der Waals surface area contributed by atoms with Crippen LogP contribution in [-0.2, 0) is 21.4 Å². The zero-order valence-corrected chi connectivity index (χ0v) is 14.9. The van der Waals surface area contributed by atoms with Gasteiger partial charge in [-0.2, -0.15) is 0 Å². The molecular weight excluding hydrogens is 334 g/mol. The van der Waals surface area contributed by atoms with Gasteiger partial charge in [0, 0.05) is 11.9 Å². The van der Waals surface area contributed by atoms with Gasteiger partial charge in [-0.1, -0.05) is 66.2 Å². The first-order valence-electron chi connectivity index (χ1n) is 8.17. The van der Waals surface area contributed by atoms with Crippen molar-refractivity contribution in [1.82, 2.24) is 4.72 Å². The van der Waals surface area contributed by atoms with Crippen LogP contribution in [0.1, 0.15) is 11.1 Å².